The van der Waals surface area contributed by atoms with Crippen molar-refractivity contribution < 1.29 is 23.5 Å². The fourth-order valence-corrected chi connectivity index (χ4v) is 5.93. The second kappa shape index (κ2) is 6.17. The lowest BCUT2D eigenvalue weighted by Crippen LogP contribution is -2.64. The van der Waals surface area contributed by atoms with Gasteiger partial charge in [-0.05, 0) is 31.5 Å². The van der Waals surface area contributed by atoms with Gasteiger partial charge in [0.2, 0.25) is 5.91 Å². The Bertz CT molecular complexity index is 781. The minimum atomic E-state index is -1.40. The molecule has 2 heterocycles. The first kappa shape index (κ1) is 18.0. The second-order valence-electron chi connectivity index (χ2n) is 6.37. The summed E-state index contributed by atoms with van der Waals surface area (Å²) in [6.45, 7) is 3.26. The minimum Gasteiger partial charge on any atom is -0.459 e. The van der Waals surface area contributed by atoms with Gasteiger partial charge in [-0.15, -0.1) is 0 Å². The summed E-state index contributed by atoms with van der Waals surface area (Å²) in [6.07, 6.45) is 0. The number of nitro benzene ring substituents is 1. The predicted molar refractivity (Wildman–Crippen MR) is 92.3 cm³/mol. The summed E-state index contributed by atoms with van der Waals surface area (Å²) in [4.78, 5) is 35.5. The van der Waals surface area contributed by atoms with Crippen LogP contribution in [0.2, 0.25) is 0 Å². The number of hydrogen-bond donors (Lipinski definition) is 0. The van der Waals surface area contributed by atoms with Gasteiger partial charge in [-0.1, -0.05) is 15.9 Å². The molecule has 2 aliphatic heterocycles. The Hall–Kier alpha value is -1.81. The number of carbonyl (C=O) groups excluding carboxylic acids is 2. The van der Waals surface area contributed by atoms with E-state index in [4.69, 9.17) is 4.74 Å². The zero-order valence-electron chi connectivity index (χ0n) is 13.4. The van der Waals surface area contributed by atoms with Crippen molar-refractivity contribution in [3.8, 4) is 0 Å². The number of ether oxygens (including phenoxy) is 1. The number of carbonyl (C=O) groups is 2. The zero-order valence-corrected chi connectivity index (χ0v) is 15.8. The van der Waals surface area contributed by atoms with E-state index in [0.29, 0.717) is 5.56 Å². The Kier molecular flexibility index (Phi) is 4.44. The lowest BCUT2D eigenvalue weighted by molar-refractivity contribution is -0.384. The maximum Gasteiger partial charge on any atom is 0.330 e. The van der Waals surface area contributed by atoms with Gasteiger partial charge in [-0.3, -0.25) is 19.1 Å². The van der Waals surface area contributed by atoms with Gasteiger partial charge in [0.15, 0.2) is 0 Å². The number of esters is 1. The molecule has 25 heavy (non-hydrogen) atoms. The summed E-state index contributed by atoms with van der Waals surface area (Å²) in [6, 6.07) is 4.72. The molecule has 4 atom stereocenters. The Morgan fingerprint density at radius 2 is 2.00 bits per heavy atom. The van der Waals surface area contributed by atoms with E-state index >= 15 is 0 Å². The van der Waals surface area contributed by atoms with Crippen LogP contribution in [0.3, 0.4) is 0 Å². The highest BCUT2D eigenvalue weighted by molar-refractivity contribution is 9.10. The number of alkyl halides is 1. The molecule has 0 aliphatic carbocycles. The smallest absolute Gasteiger partial charge is 0.330 e. The van der Waals surface area contributed by atoms with Gasteiger partial charge in [0.05, 0.1) is 20.5 Å². The molecule has 2 fully saturated rings. The standard InChI is InChI=1S/C15H15BrN2O6S/c1-15(2)11(17-12(19)10(16)13(17)25(15)23)14(20)24-7-8-3-5-9(6-4-8)18(21)22/h3-6,10-11,13H,7H2,1-2H3/t10?,11-,13+,25?/m0/s1. The predicted octanol–water partition coefficient (Wildman–Crippen LogP) is 1.48. The van der Waals surface area contributed by atoms with Crippen molar-refractivity contribution in [3.63, 3.8) is 0 Å². The number of nitrogens with zero attached hydrogens (tertiary/aromatic N) is 2. The van der Waals surface area contributed by atoms with Gasteiger partial charge in [0, 0.05) is 12.1 Å². The molecule has 2 saturated heterocycles. The quantitative estimate of drug-likeness (QED) is 0.235. The molecule has 1 amide bonds. The van der Waals surface area contributed by atoms with E-state index in [-0.39, 0.29) is 18.2 Å². The maximum atomic E-state index is 12.6. The maximum absolute atomic E-state index is 12.6. The van der Waals surface area contributed by atoms with Gasteiger partial charge < -0.3 is 9.64 Å². The molecule has 10 heteroatoms. The number of fused-ring (bicyclic) bond motifs is 1. The number of nitro groups is 1. The second-order valence-corrected chi connectivity index (χ2v) is 9.49. The van der Waals surface area contributed by atoms with Gasteiger partial charge in [0.1, 0.15) is 22.8 Å². The van der Waals surface area contributed by atoms with Crippen LogP contribution in [0, 0.1) is 10.1 Å². The Morgan fingerprint density at radius 3 is 2.56 bits per heavy atom. The van der Waals surface area contributed by atoms with Crippen LogP contribution < -0.4 is 0 Å². The topological polar surface area (TPSA) is 107 Å². The molecule has 1 aromatic rings. The molecule has 0 radical (unpaired) electrons. The summed E-state index contributed by atoms with van der Waals surface area (Å²) in [7, 11) is -1.40. The van der Waals surface area contributed by atoms with Crippen molar-refractivity contribution in [3.05, 3.63) is 39.9 Å². The lowest BCUT2D eigenvalue weighted by atomic mass is 9.98. The summed E-state index contributed by atoms with van der Waals surface area (Å²) < 4.78 is 16.9. The number of hydrogen-bond acceptors (Lipinski definition) is 6. The van der Waals surface area contributed by atoms with Crippen LogP contribution in [0.4, 0.5) is 5.69 Å². The van der Waals surface area contributed by atoms with E-state index in [9.17, 15) is 23.9 Å². The summed E-state index contributed by atoms with van der Waals surface area (Å²) >= 11 is 3.20. The largest absolute Gasteiger partial charge is 0.459 e. The monoisotopic (exact) mass is 430 g/mol. The van der Waals surface area contributed by atoms with Crippen molar-refractivity contribution >= 4 is 44.3 Å². The van der Waals surface area contributed by atoms with Crippen LogP contribution in [0.25, 0.3) is 0 Å². The van der Waals surface area contributed by atoms with Crippen molar-refractivity contribution in [1.82, 2.24) is 4.90 Å². The highest BCUT2D eigenvalue weighted by Gasteiger charge is 2.67. The third kappa shape index (κ3) is 2.77. The van der Waals surface area contributed by atoms with E-state index < -0.39 is 42.7 Å². The third-order valence-corrected chi connectivity index (χ3v) is 7.88. The van der Waals surface area contributed by atoms with E-state index in [1.807, 2.05) is 0 Å². The van der Waals surface area contributed by atoms with Gasteiger partial charge in [-0.25, -0.2) is 4.79 Å². The van der Waals surface area contributed by atoms with Crippen molar-refractivity contribution in [2.45, 2.75) is 41.4 Å². The molecule has 0 bridgehead atoms. The number of non-ortho nitro benzene ring substituents is 1. The average molecular weight is 431 g/mol. The van der Waals surface area contributed by atoms with Gasteiger partial charge in [-0.2, -0.15) is 0 Å². The highest BCUT2D eigenvalue weighted by atomic mass is 79.9. The number of amides is 1. The first-order valence-electron chi connectivity index (χ1n) is 7.43. The van der Waals surface area contributed by atoms with Gasteiger partial charge >= 0.3 is 5.97 Å². The summed E-state index contributed by atoms with van der Waals surface area (Å²) in [5.41, 5.74) is 0.528. The molecule has 2 aliphatic rings. The first-order valence-corrected chi connectivity index (χ1v) is 9.56. The lowest BCUT2D eigenvalue weighted by Gasteiger charge is -2.40. The van der Waals surface area contributed by atoms with Crippen LogP contribution in [0.15, 0.2) is 24.3 Å². The molecule has 2 unspecified atom stereocenters. The summed E-state index contributed by atoms with van der Waals surface area (Å²) in [5.74, 6) is -0.909. The molecule has 1 aromatic carbocycles. The van der Waals surface area contributed by atoms with Crippen LogP contribution in [0.5, 0.6) is 0 Å². The number of rotatable bonds is 4. The number of benzene rings is 1. The molecule has 8 nitrogen and oxygen atoms in total. The van der Waals surface area contributed by atoms with Crippen molar-refractivity contribution in [2.24, 2.45) is 0 Å². The third-order valence-electron chi connectivity index (χ3n) is 4.44. The zero-order chi connectivity index (χ0) is 18.5. The molecule has 0 N–H and O–H groups in total. The van der Waals surface area contributed by atoms with E-state index in [2.05, 4.69) is 15.9 Å². The van der Waals surface area contributed by atoms with Crippen LogP contribution >= 0.6 is 15.9 Å². The Labute approximate surface area is 154 Å². The molecule has 0 saturated carbocycles. The van der Waals surface area contributed by atoms with Crippen molar-refractivity contribution in [1.29, 1.82) is 0 Å². The molecule has 3 rings (SSSR count). The number of halogens is 1. The van der Waals surface area contributed by atoms with E-state index in [1.54, 1.807) is 13.8 Å². The normalized spacial score (nSPS) is 29.7. The average Bonchev–Trinajstić information content (AvgIpc) is 2.77. The summed E-state index contributed by atoms with van der Waals surface area (Å²) in [5, 5.41) is 10.1. The SMILES string of the molecule is CC1(C)[C@H](C(=O)OCc2ccc([N+](=O)[O-])cc2)N2C(=O)C(Br)[C@H]2S1=O. The highest BCUT2D eigenvalue weighted by Crippen LogP contribution is 2.46. The van der Waals surface area contributed by atoms with Crippen molar-refractivity contribution in [2.75, 3.05) is 0 Å². The van der Waals surface area contributed by atoms with Crippen LogP contribution in [-0.2, 0) is 31.7 Å². The first-order chi connectivity index (χ1) is 11.7. The molecule has 134 valence electrons. The molecule has 0 spiro atoms. The molecular weight excluding hydrogens is 416 g/mol. The Balaban J connectivity index is 1.71. The van der Waals surface area contributed by atoms with Gasteiger partial charge in [0.25, 0.3) is 5.69 Å². The fourth-order valence-electron chi connectivity index (χ4n) is 3.04. The molecular formula is C15H15BrN2O6S. The van der Waals surface area contributed by atoms with Crippen LogP contribution in [0.1, 0.15) is 19.4 Å². The number of β-lactam (4-membered cyclic amide) rings is 1. The Morgan fingerprint density at radius 1 is 1.40 bits per heavy atom. The molecule has 0 aromatic heterocycles. The van der Waals surface area contributed by atoms with E-state index in [0.717, 1.165) is 0 Å². The minimum absolute atomic E-state index is 0.0558. The van der Waals surface area contributed by atoms with Crippen LogP contribution in [-0.4, -0.2) is 46.9 Å². The fraction of sp³-hybridized carbons (Fsp3) is 0.467. The van der Waals surface area contributed by atoms with E-state index in [1.165, 1.54) is 29.2 Å².